The molecule has 8 nitrogen and oxygen atoms in total. The van der Waals surface area contributed by atoms with Crippen molar-refractivity contribution in [2.24, 2.45) is 7.05 Å². The minimum Gasteiger partial charge on any atom is -0.493 e. The predicted molar refractivity (Wildman–Crippen MR) is 113 cm³/mol. The van der Waals surface area contributed by atoms with Crippen LogP contribution in [0.4, 0.5) is 11.5 Å². The molecule has 0 saturated heterocycles. The number of nitrogens with zero attached hydrogens (tertiary/aromatic N) is 3. The summed E-state index contributed by atoms with van der Waals surface area (Å²) in [5.74, 6) is 4.32. The number of ether oxygens (including phenoxy) is 4. The van der Waals surface area contributed by atoms with Crippen molar-refractivity contribution >= 4 is 22.5 Å². The quantitative estimate of drug-likeness (QED) is 0.536. The van der Waals surface area contributed by atoms with Crippen molar-refractivity contribution in [3.63, 3.8) is 0 Å². The standard InChI is InChI=1S/C22H20N4O4/c1-26-16-10-21(24-14-5-7-18-20(9-14)30-12-29-18)23-11-15(16)25-22(26)13-4-6-17(27-2)19(8-13)28-3/h4-11H,12H2,1-3H3,(H,23,24). The summed E-state index contributed by atoms with van der Waals surface area (Å²) >= 11 is 0. The molecule has 152 valence electrons. The maximum atomic E-state index is 5.44. The number of anilines is 2. The summed E-state index contributed by atoms with van der Waals surface area (Å²) in [4.78, 5) is 9.25. The van der Waals surface area contributed by atoms with Gasteiger partial charge in [0.25, 0.3) is 0 Å². The van der Waals surface area contributed by atoms with Crippen LogP contribution in [0, 0.1) is 0 Å². The fourth-order valence-electron chi connectivity index (χ4n) is 3.52. The number of imidazole rings is 1. The Hall–Kier alpha value is -3.94. The average molecular weight is 404 g/mol. The lowest BCUT2D eigenvalue weighted by Gasteiger charge is -2.10. The highest BCUT2D eigenvalue weighted by molar-refractivity contribution is 5.83. The Bertz CT molecular complexity index is 1250. The topological polar surface area (TPSA) is 79.7 Å². The zero-order chi connectivity index (χ0) is 20.7. The van der Waals surface area contributed by atoms with Gasteiger partial charge in [0, 0.05) is 30.4 Å². The Kier molecular flexibility index (Phi) is 4.31. The molecule has 1 aliphatic rings. The Balaban J connectivity index is 1.49. The Morgan fingerprint density at radius 1 is 0.967 bits per heavy atom. The molecular weight excluding hydrogens is 384 g/mol. The molecule has 1 N–H and O–H groups in total. The van der Waals surface area contributed by atoms with Gasteiger partial charge in [0.1, 0.15) is 17.2 Å². The molecule has 0 saturated carbocycles. The van der Waals surface area contributed by atoms with Crippen molar-refractivity contribution in [3.05, 3.63) is 48.7 Å². The second kappa shape index (κ2) is 7.14. The van der Waals surface area contributed by atoms with Crippen LogP contribution in [0.25, 0.3) is 22.4 Å². The average Bonchev–Trinajstić information content (AvgIpc) is 3.37. The first kappa shape index (κ1) is 18.1. The first-order chi connectivity index (χ1) is 14.7. The van der Waals surface area contributed by atoms with Crippen LogP contribution in [0.1, 0.15) is 0 Å². The van der Waals surface area contributed by atoms with Crippen LogP contribution in [0.2, 0.25) is 0 Å². The molecule has 5 rings (SSSR count). The highest BCUT2D eigenvalue weighted by Crippen LogP contribution is 2.36. The number of benzene rings is 2. The summed E-state index contributed by atoms with van der Waals surface area (Å²) in [6.07, 6.45) is 1.76. The van der Waals surface area contributed by atoms with Crippen LogP contribution in [0.3, 0.4) is 0 Å². The van der Waals surface area contributed by atoms with Gasteiger partial charge in [-0.25, -0.2) is 9.97 Å². The monoisotopic (exact) mass is 404 g/mol. The second-order valence-corrected chi connectivity index (χ2v) is 6.82. The third-order valence-corrected chi connectivity index (χ3v) is 5.05. The van der Waals surface area contributed by atoms with E-state index < -0.39 is 0 Å². The van der Waals surface area contributed by atoms with Crippen LogP contribution >= 0.6 is 0 Å². The fraction of sp³-hybridized carbons (Fsp3) is 0.182. The van der Waals surface area contributed by atoms with E-state index >= 15 is 0 Å². The summed E-state index contributed by atoms with van der Waals surface area (Å²) in [6.45, 7) is 0.247. The van der Waals surface area contributed by atoms with Crippen molar-refractivity contribution in [2.75, 3.05) is 26.3 Å². The molecule has 30 heavy (non-hydrogen) atoms. The van der Waals surface area contributed by atoms with Crippen molar-refractivity contribution in [2.45, 2.75) is 0 Å². The van der Waals surface area contributed by atoms with Gasteiger partial charge in [-0.05, 0) is 30.3 Å². The normalized spacial score (nSPS) is 12.2. The molecule has 2 aromatic heterocycles. The van der Waals surface area contributed by atoms with Crippen molar-refractivity contribution in [1.29, 1.82) is 0 Å². The predicted octanol–water partition coefficient (Wildman–Crippen LogP) is 4.12. The number of rotatable bonds is 5. The molecule has 2 aromatic carbocycles. The molecule has 0 fully saturated rings. The van der Waals surface area contributed by atoms with Gasteiger partial charge in [-0.2, -0.15) is 0 Å². The Morgan fingerprint density at radius 3 is 2.63 bits per heavy atom. The number of nitrogens with one attached hydrogen (secondary N) is 1. The van der Waals surface area contributed by atoms with Crippen LogP contribution in [0.15, 0.2) is 48.7 Å². The van der Waals surface area contributed by atoms with E-state index in [4.69, 9.17) is 23.9 Å². The highest BCUT2D eigenvalue weighted by Gasteiger charge is 2.15. The van der Waals surface area contributed by atoms with Gasteiger partial charge in [-0.1, -0.05) is 0 Å². The molecule has 0 unspecified atom stereocenters. The molecular formula is C22H20N4O4. The first-order valence-corrected chi connectivity index (χ1v) is 9.38. The van der Waals surface area contributed by atoms with Crippen molar-refractivity contribution < 1.29 is 18.9 Å². The SMILES string of the molecule is COc1ccc(-c2nc3cnc(Nc4ccc5c(c4)OCO5)cc3n2C)cc1OC. The van der Waals surface area contributed by atoms with Gasteiger partial charge in [-0.3, -0.25) is 0 Å². The van der Waals surface area contributed by atoms with E-state index in [2.05, 4.69) is 10.3 Å². The van der Waals surface area contributed by atoms with Crippen molar-refractivity contribution in [3.8, 4) is 34.4 Å². The lowest BCUT2D eigenvalue weighted by Crippen LogP contribution is -1.96. The number of hydrogen-bond acceptors (Lipinski definition) is 7. The smallest absolute Gasteiger partial charge is 0.231 e. The third-order valence-electron chi connectivity index (χ3n) is 5.05. The fourth-order valence-corrected chi connectivity index (χ4v) is 3.52. The largest absolute Gasteiger partial charge is 0.493 e. The zero-order valence-corrected chi connectivity index (χ0v) is 16.8. The van der Waals surface area contributed by atoms with Gasteiger partial charge in [-0.15, -0.1) is 0 Å². The van der Waals surface area contributed by atoms with Gasteiger partial charge < -0.3 is 28.8 Å². The molecule has 0 bridgehead atoms. The molecule has 0 atom stereocenters. The minimum atomic E-state index is 0.247. The minimum absolute atomic E-state index is 0.247. The van der Waals surface area contributed by atoms with Crippen LogP contribution in [-0.2, 0) is 7.05 Å². The number of hydrogen-bond donors (Lipinski definition) is 1. The molecule has 0 amide bonds. The van der Waals surface area contributed by atoms with E-state index in [0.717, 1.165) is 39.6 Å². The van der Waals surface area contributed by atoms with Crippen LogP contribution in [-0.4, -0.2) is 35.5 Å². The summed E-state index contributed by atoms with van der Waals surface area (Å²) < 4.78 is 23.6. The lowest BCUT2D eigenvalue weighted by atomic mass is 10.2. The van der Waals surface area contributed by atoms with E-state index in [9.17, 15) is 0 Å². The number of aryl methyl sites for hydroxylation is 1. The highest BCUT2D eigenvalue weighted by atomic mass is 16.7. The summed E-state index contributed by atoms with van der Waals surface area (Å²) in [5.41, 5.74) is 3.56. The van der Waals surface area contributed by atoms with E-state index in [1.807, 2.05) is 54.1 Å². The maximum Gasteiger partial charge on any atom is 0.231 e. The first-order valence-electron chi connectivity index (χ1n) is 9.38. The number of fused-ring (bicyclic) bond motifs is 2. The molecule has 8 heteroatoms. The van der Waals surface area contributed by atoms with Gasteiger partial charge in [0.2, 0.25) is 6.79 Å². The number of methoxy groups -OCH3 is 2. The summed E-state index contributed by atoms with van der Waals surface area (Å²) in [7, 11) is 5.22. The van der Waals surface area contributed by atoms with Gasteiger partial charge in [0.15, 0.2) is 23.0 Å². The third kappa shape index (κ3) is 3.02. The van der Waals surface area contributed by atoms with E-state index in [-0.39, 0.29) is 6.79 Å². The van der Waals surface area contributed by atoms with Gasteiger partial charge >= 0.3 is 0 Å². The lowest BCUT2D eigenvalue weighted by molar-refractivity contribution is 0.174. The summed E-state index contributed by atoms with van der Waals surface area (Å²) in [5, 5.41) is 3.31. The molecule has 0 aliphatic carbocycles. The molecule has 3 heterocycles. The van der Waals surface area contributed by atoms with E-state index in [1.165, 1.54) is 0 Å². The molecule has 0 radical (unpaired) electrons. The van der Waals surface area contributed by atoms with E-state index in [1.54, 1.807) is 20.4 Å². The number of aromatic nitrogens is 3. The van der Waals surface area contributed by atoms with Crippen LogP contribution in [0.5, 0.6) is 23.0 Å². The zero-order valence-electron chi connectivity index (χ0n) is 16.8. The second-order valence-electron chi connectivity index (χ2n) is 6.82. The van der Waals surface area contributed by atoms with E-state index in [0.29, 0.717) is 17.3 Å². The van der Waals surface area contributed by atoms with Crippen molar-refractivity contribution in [1.82, 2.24) is 14.5 Å². The Labute approximate surface area is 173 Å². The number of pyridine rings is 1. The summed E-state index contributed by atoms with van der Waals surface area (Å²) in [6, 6.07) is 13.4. The molecule has 4 aromatic rings. The van der Waals surface area contributed by atoms with Crippen LogP contribution < -0.4 is 24.3 Å². The van der Waals surface area contributed by atoms with Gasteiger partial charge in [0.05, 0.1) is 25.9 Å². The maximum absolute atomic E-state index is 5.44. The molecule has 1 aliphatic heterocycles. The molecule has 0 spiro atoms. The Morgan fingerprint density at radius 2 is 1.80 bits per heavy atom.